The first kappa shape index (κ1) is 14.4. The maximum Gasteiger partial charge on any atom is 0.0400 e. The second-order valence-electron chi connectivity index (χ2n) is 5.05. The number of benzene rings is 2. The molecule has 0 amide bonds. The summed E-state index contributed by atoms with van der Waals surface area (Å²) in [6.45, 7) is 4.14. The van der Waals surface area contributed by atoms with E-state index in [2.05, 4.69) is 66.1 Å². The van der Waals surface area contributed by atoms with Gasteiger partial charge in [0.05, 0.1) is 0 Å². The van der Waals surface area contributed by atoms with E-state index in [0.29, 0.717) is 0 Å². The highest BCUT2D eigenvalue weighted by Gasteiger charge is 1.96. The molecular formula is C18H24N2. The number of hydrogen-bond donors (Lipinski definition) is 2. The third-order valence-electron chi connectivity index (χ3n) is 3.31. The lowest BCUT2D eigenvalue weighted by Crippen LogP contribution is -2.03. The molecule has 0 unspecified atom stereocenters. The summed E-state index contributed by atoms with van der Waals surface area (Å²) < 4.78 is 0. The lowest BCUT2D eigenvalue weighted by Gasteiger charge is -2.10. The normalized spacial score (nSPS) is 10.2. The quantitative estimate of drug-likeness (QED) is 0.665. The monoisotopic (exact) mass is 268 g/mol. The summed E-state index contributed by atoms with van der Waals surface area (Å²) >= 11 is 0. The van der Waals surface area contributed by atoms with Crippen molar-refractivity contribution in [2.45, 2.75) is 32.7 Å². The van der Waals surface area contributed by atoms with Crippen molar-refractivity contribution in [1.82, 2.24) is 0 Å². The van der Waals surface area contributed by atoms with E-state index in [4.69, 9.17) is 0 Å². The van der Waals surface area contributed by atoms with Gasteiger partial charge in [-0.1, -0.05) is 56.2 Å². The van der Waals surface area contributed by atoms with E-state index < -0.39 is 0 Å². The summed E-state index contributed by atoms with van der Waals surface area (Å²) in [5.74, 6) is 0. The Morgan fingerprint density at radius 2 is 1.55 bits per heavy atom. The van der Waals surface area contributed by atoms with Crippen LogP contribution in [0.4, 0.5) is 11.4 Å². The largest absolute Gasteiger partial charge is 0.385 e. The molecule has 106 valence electrons. The van der Waals surface area contributed by atoms with Gasteiger partial charge in [-0.2, -0.15) is 0 Å². The summed E-state index contributed by atoms with van der Waals surface area (Å²) in [4.78, 5) is 0. The minimum absolute atomic E-state index is 0.861. The van der Waals surface area contributed by atoms with Crippen LogP contribution in [0.25, 0.3) is 0 Å². The molecule has 0 saturated carbocycles. The molecule has 2 rings (SSSR count). The molecule has 0 radical (unpaired) electrons. The van der Waals surface area contributed by atoms with Crippen molar-refractivity contribution in [1.29, 1.82) is 0 Å². The number of hydrogen-bond acceptors (Lipinski definition) is 2. The highest BCUT2D eigenvalue weighted by atomic mass is 14.9. The Balaban J connectivity index is 1.83. The summed E-state index contributed by atoms with van der Waals surface area (Å²) in [5.41, 5.74) is 3.65. The van der Waals surface area contributed by atoms with Gasteiger partial charge in [0.2, 0.25) is 0 Å². The first-order valence-corrected chi connectivity index (χ1v) is 7.50. The highest BCUT2D eigenvalue weighted by Crippen LogP contribution is 2.16. The van der Waals surface area contributed by atoms with E-state index in [-0.39, 0.29) is 0 Å². The standard InChI is InChI=1S/C18H24N2/c1-2-3-7-13-19-17-11-8-12-18(14-17)20-15-16-9-5-4-6-10-16/h4-6,8-12,14,19-20H,2-3,7,13,15H2,1H3. The van der Waals surface area contributed by atoms with Crippen LogP contribution < -0.4 is 10.6 Å². The molecule has 2 heteroatoms. The SMILES string of the molecule is CCCCCNc1cccc(NCc2ccccc2)c1. The van der Waals surface area contributed by atoms with Gasteiger partial charge in [-0.15, -0.1) is 0 Å². The average Bonchev–Trinajstić information content (AvgIpc) is 2.51. The average molecular weight is 268 g/mol. The van der Waals surface area contributed by atoms with E-state index in [9.17, 15) is 0 Å². The van der Waals surface area contributed by atoms with Crippen LogP contribution in [0.2, 0.25) is 0 Å². The zero-order valence-corrected chi connectivity index (χ0v) is 12.2. The van der Waals surface area contributed by atoms with Gasteiger partial charge in [0, 0.05) is 24.5 Å². The van der Waals surface area contributed by atoms with Gasteiger partial charge in [0.15, 0.2) is 0 Å². The maximum atomic E-state index is 3.48. The molecule has 0 aliphatic rings. The third kappa shape index (κ3) is 4.96. The van der Waals surface area contributed by atoms with Gasteiger partial charge in [0.1, 0.15) is 0 Å². The van der Waals surface area contributed by atoms with Crippen LogP contribution in [0.15, 0.2) is 54.6 Å². The molecule has 0 aliphatic heterocycles. The summed E-state index contributed by atoms with van der Waals surface area (Å²) in [7, 11) is 0. The molecule has 0 heterocycles. The lowest BCUT2D eigenvalue weighted by molar-refractivity contribution is 0.744. The van der Waals surface area contributed by atoms with Gasteiger partial charge in [0.25, 0.3) is 0 Å². The van der Waals surface area contributed by atoms with Crippen molar-refractivity contribution in [3.8, 4) is 0 Å². The van der Waals surface area contributed by atoms with Crippen molar-refractivity contribution in [2.24, 2.45) is 0 Å². The fourth-order valence-electron chi connectivity index (χ4n) is 2.15. The molecular weight excluding hydrogens is 244 g/mol. The summed E-state index contributed by atoms with van der Waals surface area (Å²) in [5, 5.41) is 6.94. The van der Waals surface area contributed by atoms with Gasteiger partial charge in [-0.3, -0.25) is 0 Å². The maximum absolute atomic E-state index is 3.48. The van der Waals surface area contributed by atoms with Crippen molar-refractivity contribution >= 4 is 11.4 Å². The van der Waals surface area contributed by atoms with E-state index in [1.807, 2.05) is 6.07 Å². The topological polar surface area (TPSA) is 24.1 Å². The van der Waals surface area contributed by atoms with Crippen LogP contribution >= 0.6 is 0 Å². The number of anilines is 2. The van der Waals surface area contributed by atoms with E-state index in [1.165, 1.54) is 30.5 Å². The minimum atomic E-state index is 0.861. The van der Waals surface area contributed by atoms with Crippen LogP contribution in [0.5, 0.6) is 0 Å². The van der Waals surface area contributed by atoms with Crippen LogP contribution in [-0.2, 0) is 6.54 Å². The Hall–Kier alpha value is -1.96. The molecule has 2 N–H and O–H groups in total. The summed E-state index contributed by atoms with van der Waals surface area (Å²) in [6, 6.07) is 19.0. The van der Waals surface area contributed by atoms with Crippen molar-refractivity contribution < 1.29 is 0 Å². The number of rotatable bonds is 8. The van der Waals surface area contributed by atoms with Gasteiger partial charge in [-0.05, 0) is 30.2 Å². The van der Waals surface area contributed by atoms with Crippen molar-refractivity contribution in [2.75, 3.05) is 17.2 Å². The minimum Gasteiger partial charge on any atom is -0.385 e. The van der Waals surface area contributed by atoms with Gasteiger partial charge < -0.3 is 10.6 Å². The second-order valence-corrected chi connectivity index (χ2v) is 5.05. The molecule has 0 spiro atoms. The van der Waals surface area contributed by atoms with Gasteiger partial charge >= 0.3 is 0 Å². The Morgan fingerprint density at radius 3 is 2.30 bits per heavy atom. The molecule has 0 atom stereocenters. The number of nitrogens with one attached hydrogen (secondary N) is 2. The molecule has 0 aliphatic carbocycles. The third-order valence-corrected chi connectivity index (χ3v) is 3.31. The molecule has 20 heavy (non-hydrogen) atoms. The first-order chi connectivity index (χ1) is 9.88. The second kappa shape index (κ2) is 8.26. The Kier molecular flexibility index (Phi) is 5.97. The number of unbranched alkanes of at least 4 members (excludes halogenated alkanes) is 2. The lowest BCUT2D eigenvalue weighted by atomic mass is 10.2. The van der Waals surface area contributed by atoms with E-state index in [0.717, 1.165) is 18.8 Å². The van der Waals surface area contributed by atoms with Crippen LogP contribution in [0.3, 0.4) is 0 Å². The Morgan fingerprint density at radius 1 is 0.800 bits per heavy atom. The molecule has 0 fully saturated rings. The zero-order chi connectivity index (χ0) is 14.0. The van der Waals surface area contributed by atoms with Gasteiger partial charge in [-0.25, -0.2) is 0 Å². The van der Waals surface area contributed by atoms with E-state index >= 15 is 0 Å². The molecule has 2 nitrogen and oxygen atoms in total. The predicted molar refractivity (Wildman–Crippen MR) is 88.2 cm³/mol. The molecule has 2 aromatic carbocycles. The Bertz CT molecular complexity index is 494. The molecule has 0 bridgehead atoms. The highest BCUT2D eigenvalue weighted by molar-refractivity contribution is 5.56. The molecule has 0 saturated heterocycles. The van der Waals surface area contributed by atoms with E-state index in [1.54, 1.807) is 0 Å². The fraction of sp³-hybridized carbons (Fsp3) is 0.333. The Labute approximate surface area is 122 Å². The zero-order valence-electron chi connectivity index (χ0n) is 12.2. The molecule has 2 aromatic rings. The fourth-order valence-corrected chi connectivity index (χ4v) is 2.15. The smallest absolute Gasteiger partial charge is 0.0400 e. The first-order valence-electron chi connectivity index (χ1n) is 7.50. The van der Waals surface area contributed by atoms with Crippen molar-refractivity contribution in [3.05, 3.63) is 60.2 Å². The summed E-state index contributed by atoms with van der Waals surface area (Å²) in [6.07, 6.45) is 3.79. The van der Waals surface area contributed by atoms with Crippen LogP contribution in [-0.4, -0.2) is 6.54 Å². The van der Waals surface area contributed by atoms with Crippen LogP contribution in [0, 0.1) is 0 Å². The predicted octanol–water partition coefficient (Wildman–Crippen LogP) is 4.90. The molecule has 0 aromatic heterocycles. The van der Waals surface area contributed by atoms with Crippen molar-refractivity contribution in [3.63, 3.8) is 0 Å². The van der Waals surface area contributed by atoms with Crippen LogP contribution in [0.1, 0.15) is 31.7 Å².